The van der Waals surface area contributed by atoms with Gasteiger partial charge in [-0.1, -0.05) is 28.6 Å². The van der Waals surface area contributed by atoms with Crippen molar-refractivity contribution < 1.29 is 18.8 Å². The lowest BCUT2D eigenvalue weighted by atomic mass is 10.1. The Morgan fingerprint density at radius 2 is 2.27 bits per heavy atom. The van der Waals surface area contributed by atoms with Crippen LogP contribution in [0.5, 0.6) is 0 Å². The minimum Gasteiger partial charge on any atom is -0.389 e. The molecule has 30 heavy (non-hydrogen) atoms. The molecule has 0 saturated carbocycles. The number of carbonyl (C=O) groups excluding carboxylic acids is 1. The van der Waals surface area contributed by atoms with Gasteiger partial charge in [0.1, 0.15) is 12.2 Å². The Morgan fingerprint density at radius 3 is 2.93 bits per heavy atom. The van der Waals surface area contributed by atoms with Crippen LogP contribution in [0.1, 0.15) is 17.8 Å². The van der Waals surface area contributed by atoms with Gasteiger partial charge in [-0.2, -0.15) is 9.49 Å². The van der Waals surface area contributed by atoms with Gasteiger partial charge in [-0.15, -0.1) is 11.8 Å². The normalized spacial score (nSPS) is 16.6. The summed E-state index contributed by atoms with van der Waals surface area (Å²) >= 11 is 2.31. The van der Waals surface area contributed by atoms with Gasteiger partial charge in [0.2, 0.25) is 0 Å². The highest BCUT2D eigenvalue weighted by molar-refractivity contribution is 7.98. The van der Waals surface area contributed by atoms with Crippen molar-refractivity contribution in [2.45, 2.75) is 23.2 Å². The molecule has 1 atom stereocenters. The predicted octanol–water partition coefficient (Wildman–Crippen LogP) is 2.84. The zero-order valence-corrected chi connectivity index (χ0v) is 17.2. The molecule has 0 bridgehead atoms. The van der Waals surface area contributed by atoms with Crippen molar-refractivity contribution in [3.05, 3.63) is 53.3 Å². The number of oxime groups is 1. The summed E-state index contributed by atoms with van der Waals surface area (Å²) in [7, 11) is 0. The number of hydrogen-bond acceptors (Lipinski definition) is 9. The largest absolute Gasteiger partial charge is 0.389 e. The number of carbonyl (C=O) groups is 1. The number of anilines is 1. The lowest BCUT2D eigenvalue weighted by Crippen LogP contribution is -2.25. The molecule has 0 spiro atoms. The number of thioether (sulfide) groups is 1. The van der Waals surface area contributed by atoms with E-state index < -0.39 is 11.0 Å². The minimum atomic E-state index is -0.537. The maximum atomic E-state index is 13.2. The van der Waals surface area contributed by atoms with E-state index in [2.05, 4.69) is 30.6 Å². The summed E-state index contributed by atoms with van der Waals surface area (Å²) in [5, 5.41) is 12.9. The van der Waals surface area contributed by atoms with Gasteiger partial charge in [0.25, 0.3) is 5.91 Å². The van der Waals surface area contributed by atoms with Crippen LogP contribution in [0.25, 0.3) is 0 Å². The number of rotatable bonds is 8. The quantitative estimate of drug-likeness (QED) is 0.309. The van der Waals surface area contributed by atoms with Gasteiger partial charge in [0, 0.05) is 16.9 Å². The number of aromatic amines is 1. The summed E-state index contributed by atoms with van der Waals surface area (Å²) in [6, 6.07) is 7.30. The molecule has 2 aromatic heterocycles. The molecule has 0 aliphatic carbocycles. The van der Waals surface area contributed by atoms with Crippen molar-refractivity contribution >= 4 is 39.8 Å². The number of aromatic nitrogens is 4. The maximum absolute atomic E-state index is 13.2. The smallest absolute Gasteiger partial charge is 0.280 e. The molecule has 3 aromatic rings. The Balaban J connectivity index is 1.48. The monoisotopic (exact) mass is 448 g/mol. The third kappa shape index (κ3) is 5.40. The topological polar surface area (TPSA) is 114 Å². The summed E-state index contributed by atoms with van der Waals surface area (Å²) in [6.07, 6.45) is 3.00. The SMILES string of the molecule is O=C(Nc1ncc(F)s1)C(=NO[C@@H]1CCOC1)c1ccc(SCc2ncn[nH]2)cc1. The van der Waals surface area contributed by atoms with Crippen LogP contribution in [0.15, 0.2) is 46.8 Å². The molecule has 0 radical (unpaired) electrons. The van der Waals surface area contributed by atoms with Crippen LogP contribution >= 0.6 is 23.1 Å². The van der Waals surface area contributed by atoms with Crippen LogP contribution in [0.2, 0.25) is 0 Å². The Labute approximate surface area is 179 Å². The van der Waals surface area contributed by atoms with E-state index in [4.69, 9.17) is 9.57 Å². The van der Waals surface area contributed by atoms with E-state index in [1.165, 1.54) is 6.33 Å². The molecule has 4 rings (SSSR count). The van der Waals surface area contributed by atoms with Gasteiger partial charge in [-0.25, -0.2) is 9.97 Å². The lowest BCUT2D eigenvalue weighted by molar-refractivity contribution is -0.110. The van der Waals surface area contributed by atoms with E-state index in [1.807, 2.05) is 12.1 Å². The molecule has 0 unspecified atom stereocenters. The molecule has 9 nitrogen and oxygen atoms in total. The fraction of sp³-hybridized carbons (Fsp3) is 0.278. The molecule has 1 aliphatic rings. The average Bonchev–Trinajstić information content (AvgIpc) is 3.51. The highest BCUT2D eigenvalue weighted by atomic mass is 32.2. The van der Waals surface area contributed by atoms with Crippen LogP contribution < -0.4 is 5.32 Å². The van der Waals surface area contributed by atoms with Crippen molar-refractivity contribution in [1.82, 2.24) is 20.2 Å². The van der Waals surface area contributed by atoms with E-state index in [0.717, 1.165) is 28.3 Å². The molecule has 1 aliphatic heterocycles. The number of ether oxygens (including phenoxy) is 1. The minimum absolute atomic E-state index is 0.0734. The standard InChI is InChI=1S/C18H17FN6O3S2/c19-14-7-20-18(30-14)23-17(26)16(25-28-12-5-6-27-8-12)11-1-3-13(4-2-11)29-9-15-21-10-22-24-15/h1-4,7,10,12H,5-6,8-9H2,(H,20,23,26)(H,21,22,24)/t12-/m1/s1. The van der Waals surface area contributed by atoms with Crippen LogP contribution in [0.3, 0.4) is 0 Å². The van der Waals surface area contributed by atoms with Crippen molar-refractivity contribution in [2.75, 3.05) is 18.5 Å². The second-order valence-electron chi connectivity index (χ2n) is 6.20. The average molecular weight is 449 g/mol. The maximum Gasteiger partial charge on any atom is 0.280 e. The van der Waals surface area contributed by atoms with Gasteiger partial charge in [0.05, 0.1) is 25.2 Å². The van der Waals surface area contributed by atoms with E-state index >= 15 is 0 Å². The highest BCUT2D eigenvalue weighted by Gasteiger charge is 2.21. The fourth-order valence-corrected chi connectivity index (χ4v) is 3.89. The number of benzene rings is 1. The Morgan fingerprint density at radius 1 is 1.40 bits per heavy atom. The van der Waals surface area contributed by atoms with Crippen LogP contribution in [-0.2, 0) is 20.1 Å². The van der Waals surface area contributed by atoms with Gasteiger partial charge < -0.3 is 9.57 Å². The number of thiazole rings is 1. The summed E-state index contributed by atoms with van der Waals surface area (Å²) < 4.78 is 18.5. The highest BCUT2D eigenvalue weighted by Crippen LogP contribution is 2.22. The predicted molar refractivity (Wildman–Crippen MR) is 110 cm³/mol. The van der Waals surface area contributed by atoms with Gasteiger partial charge >= 0.3 is 0 Å². The number of halogens is 1. The molecular weight excluding hydrogens is 431 g/mol. The second-order valence-corrected chi connectivity index (χ2v) is 8.23. The third-order valence-electron chi connectivity index (χ3n) is 4.06. The van der Waals surface area contributed by atoms with E-state index in [-0.39, 0.29) is 16.9 Å². The van der Waals surface area contributed by atoms with Crippen molar-refractivity contribution in [3.63, 3.8) is 0 Å². The van der Waals surface area contributed by atoms with Crippen molar-refractivity contribution in [2.24, 2.45) is 5.16 Å². The number of nitrogens with zero attached hydrogens (tertiary/aromatic N) is 4. The first kappa shape index (κ1) is 20.4. The summed E-state index contributed by atoms with van der Waals surface area (Å²) in [4.78, 5) is 27.1. The molecule has 3 heterocycles. The zero-order chi connectivity index (χ0) is 20.8. The molecule has 1 amide bonds. The van der Waals surface area contributed by atoms with Crippen LogP contribution in [0.4, 0.5) is 9.52 Å². The van der Waals surface area contributed by atoms with Crippen molar-refractivity contribution in [1.29, 1.82) is 0 Å². The Kier molecular flexibility index (Phi) is 6.67. The lowest BCUT2D eigenvalue weighted by Gasteiger charge is -2.10. The first-order valence-electron chi connectivity index (χ1n) is 8.99. The molecule has 1 fully saturated rings. The first-order valence-corrected chi connectivity index (χ1v) is 10.8. The van der Waals surface area contributed by atoms with Crippen molar-refractivity contribution in [3.8, 4) is 0 Å². The summed E-state index contributed by atoms with van der Waals surface area (Å²) in [5.41, 5.74) is 0.636. The van der Waals surface area contributed by atoms with Crippen LogP contribution in [-0.4, -0.2) is 51.1 Å². The van der Waals surface area contributed by atoms with Gasteiger partial charge in [-0.05, 0) is 12.1 Å². The van der Waals surface area contributed by atoms with Gasteiger partial charge in [-0.3, -0.25) is 15.2 Å². The number of nitrogens with one attached hydrogen (secondary N) is 2. The van der Waals surface area contributed by atoms with Gasteiger partial charge in [0.15, 0.2) is 22.1 Å². The molecule has 12 heteroatoms. The first-order chi connectivity index (χ1) is 14.7. The summed E-state index contributed by atoms with van der Waals surface area (Å²) in [6.45, 7) is 1.02. The fourth-order valence-electron chi connectivity index (χ4n) is 2.58. The molecule has 1 saturated heterocycles. The molecule has 156 valence electrons. The van der Waals surface area contributed by atoms with E-state index in [0.29, 0.717) is 31.0 Å². The van der Waals surface area contributed by atoms with Crippen LogP contribution in [0, 0.1) is 5.13 Å². The Bertz CT molecular complexity index is 1000. The number of H-pyrrole nitrogens is 1. The third-order valence-corrected chi connectivity index (χ3v) is 5.79. The molecule has 1 aromatic carbocycles. The Hall–Kier alpha value is -2.83. The van der Waals surface area contributed by atoms with E-state index in [9.17, 15) is 9.18 Å². The molecule has 2 N–H and O–H groups in total. The zero-order valence-electron chi connectivity index (χ0n) is 15.6. The van der Waals surface area contributed by atoms with E-state index in [1.54, 1.807) is 23.9 Å². The number of amides is 1. The summed E-state index contributed by atoms with van der Waals surface area (Å²) in [5.74, 6) is 0.875. The second kappa shape index (κ2) is 9.78. The number of hydrogen-bond donors (Lipinski definition) is 2. The molecular formula is C18H17FN6O3S2.